The van der Waals surface area contributed by atoms with Crippen molar-refractivity contribution in [2.75, 3.05) is 44.0 Å². The predicted molar refractivity (Wildman–Crippen MR) is 81.1 cm³/mol. The van der Waals surface area contributed by atoms with Crippen molar-refractivity contribution in [2.45, 2.75) is 18.9 Å². The third-order valence-corrected chi connectivity index (χ3v) is 3.72. The molecule has 1 saturated heterocycles. The number of amides is 1. The van der Waals surface area contributed by atoms with Gasteiger partial charge in [-0.2, -0.15) is 0 Å². The van der Waals surface area contributed by atoms with E-state index in [1.807, 2.05) is 48.2 Å². The average molecular weight is 277 g/mol. The highest BCUT2D eigenvalue weighted by Crippen LogP contribution is 2.18. The highest BCUT2D eigenvalue weighted by Gasteiger charge is 2.25. The lowest BCUT2D eigenvalue weighted by Crippen LogP contribution is -2.38. The Balaban J connectivity index is 1.88. The summed E-state index contributed by atoms with van der Waals surface area (Å²) < 4.78 is 0. The Kier molecular flexibility index (Phi) is 4.98. The van der Waals surface area contributed by atoms with Crippen molar-refractivity contribution < 1.29 is 9.90 Å². The van der Waals surface area contributed by atoms with Gasteiger partial charge in [0.1, 0.15) is 0 Å². The third-order valence-electron chi connectivity index (χ3n) is 3.72. The molecule has 0 aromatic heterocycles. The highest BCUT2D eigenvalue weighted by atomic mass is 16.3. The lowest BCUT2D eigenvalue weighted by Gasteiger charge is -2.21. The molecular formula is C15H23N3O2. The molecule has 1 aromatic rings. The molecule has 0 radical (unpaired) electrons. The third kappa shape index (κ3) is 3.71. The van der Waals surface area contributed by atoms with Crippen molar-refractivity contribution in [2.24, 2.45) is 0 Å². The molecule has 0 bridgehead atoms. The molecule has 0 aliphatic carbocycles. The summed E-state index contributed by atoms with van der Waals surface area (Å²) in [6.07, 6.45) is 2.03. The molecule has 1 fully saturated rings. The Morgan fingerprint density at radius 3 is 2.70 bits per heavy atom. The number of aliphatic hydroxyl groups is 1. The zero-order chi connectivity index (χ0) is 14.5. The van der Waals surface area contributed by atoms with Gasteiger partial charge in [0.05, 0.1) is 13.2 Å². The number of likely N-dealkylation sites (tertiary alicyclic amines) is 1. The second kappa shape index (κ2) is 6.72. The smallest absolute Gasteiger partial charge is 0.238 e. The van der Waals surface area contributed by atoms with Crippen LogP contribution >= 0.6 is 0 Å². The van der Waals surface area contributed by atoms with E-state index in [-0.39, 0.29) is 18.6 Å². The molecule has 1 aliphatic rings. The number of rotatable bonds is 5. The Morgan fingerprint density at radius 1 is 1.40 bits per heavy atom. The molecule has 1 heterocycles. The van der Waals surface area contributed by atoms with Crippen LogP contribution < -0.4 is 10.2 Å². The van der Waals surface area contributed by atoms with Gasteiger partial charge in [-0.3, -0.25) is 9.69 Å². The molecule has 1 aromatic carbocycles. The quantitative estimate of drug-likeness (QED) is 0.847. The molecule has 2 N–H and O–H groups in total. The lowest BCUT2D eigenvalue weighted by molar-refractivity contribution is -0.117. The van der Waals surface area contributed by atoms with Gasteiger partial charge in [-0.25, -0.2) is 0 Å². The normalized spacial score (nSPS) is 19.1. The summed E-state index contributed by atoms with van der Waals surface area (Å²) in [5.41, 5.74) is 1.91. The fourth-order valence-corrected chi connectivity index (χ4v) is 2.54. The number of hydrogen-bond acceptors (Lipinski definition) is 4. The van der Waals surface area contributed by atoms with Gasteiger partial charge in [-0.05, 0) is 43.7 Å². The summed E-state index contributed by atoms with van der Waals surface area (Å²) >= 11 is 0. The molecular weight excluding hydrogens is 254 g/mol. The molecule has 0 saturated carbocycles. The molecule has 1 aliphatic heterocycles. The van der Waals surface area contributed by atoms with Crippen LogP contribution in [0.5, 0.6) is 0 Å². The van der Waals surface area contributed by atoms with Crippen molar-refractivity contribution in [3.8, 4) is 0 Å². The van der Waals surface area contributed by atoms with Gasteiger partial charge in [-0.15, -0.1) is 0 Å². The van der Waals surface area contributed by atoms with Crippen LogP contribution in [0.15, 0.2) is 24.3 Å². The SMILES string of the molecule is CN(C)c1ccc(NC(=O)CN2CCCC2CO)cc1. The number of carbonyl (C=O) groups is 1. The number of aliphatic hydroxyl groups excluding tert-OH is 1. The summed E-state index contributed by atoms with van der Waals surface area (Å²) in [7, 11) is 3.96. The number of benzene rings is 1. The Bertz CT molecular complexity index is 445. The van der Waals surface area contributed by atoms with Gasteiger partial charge in [-0.1, -0.05) is 0 Å². The first kappa shape index (κ1) is 14.8. The zero-order valence-electron chi connectivity index (χ0n) is 12.2. The van der Waals surface area contributed by atoms with Crippen LogP contribution in [0.3, 0.4) is 0 Å². The maximum absolute atomic E-state index is 12.0. The summed E-state index contributed by atoms with van der Waals surface area (Å²) in [6, 6.07) is 7.89. The van der Waals surface area contributed by atoms with Crippen LogP contribution in [0.4, 0.5) is 11.4 Å². The van der Waals surface area contributed by atoms with Crippen LogP contribution in [0.25, 0.3) is 0 Å². The molecule has 1 amide bonds. The van der Waals surface area contributed by atoms with E-state index < -0.39 is 0 Å². The van der Waals surface area contributed by atoms with E-state index in [2.05, 4.69) is 5.32 Å². The van der Waals surface area contributed by atoms with Crippen LogP contribution in [-0.4, -0.2) is 55.7 Å². The molecule has 1 unspecified atom stereocenters. The van der Waals surface area contributed by atoms with Crippen molar-refractivity contribution in [1.29, 1.82) is 0 Å². The monoisotopic (exact) mass is 277 g/mol. The van der Waals surface area contributed by atoms with Gasteiger partial charge in [0.2, 0.25) is 5.91 Å². The van der Waals surface area contributed by atoms with Crippen LogP contribution in [0.2, 0.25) is 0 Å². The van der Waals surface area contributed by atoms with E-state index in [9.17, 15) is 9.90 Å². The van der Waals surface area contributed by atoms with Crippen molar-refractivity contribution in [3.05, 3.63) is 24.3 Å². The number of hydrogen-bond donors (Lipinski definition) is 2. The van der Waals surface area contributed by atoms with Gasteiger partial charge in [0.15, 0.2) is 0 Å². The fraction of sp³-hybridized carbons (Fsp3) is 0.533. The first-order valence-electron chi connectivity index (χ1n) is 7.02. The van der Waals surface area contributed by atoms with E-state index in [4.69, 9.17) is 0 Å². The van der Waals surface area contributed by atoms with Gasteiger partial charge < -0.3 is 15.3 Å². The Labute approximate surface area is 120 Å². The Hall–Kier alpha value is -1.59. The fourth-order valence-electron chi connectivity index (χ4n) is 2.54. The number of nitrogens with zero attached hydrogens (tertiary/aromatic N) is 2. The maximum Gasteiger partial charge on any atom is 0.238 e. The Morgan fingerprint density at radius 2 is 2.10 bits per heavy atom. The molecule has 1 atom stereocenters. The number of anilines is 2. The van der Waals surface area contributed by atoms with Crippen LogP contribution in [0.1, 0.15) is 12.8 Å². The molecule has 20 heavy (non-hydrogen) atoms. The lowest BCUT2D eigenvalue weighted by atomic mass is 10.2. The van der Waals surface area contributed by atoms with Crippen LogP contribution in [0, 0.1) is 0 Å². The van der Waals surface area contributed by atoms with Gasteiger partial charge in [0.25, 0.3) is 0 Å². The van der Waals surface area contributed by atoms with E-state index in [1.54, 1.807) is 0 Å². The predicted octanol–water partition coefficient (Wildman–Crippen LogP) is 1.15. The van der Waals surface area contributed by atoms with Gasteiger partial charge in [0, 0.05) is 31.5 Å². The molecule has 5 heteroatoms. The van der Waals surface area contributed by atoms with E-state index >= 15 is 0 Å². The van der Waals surface area contributed by atoms with E-state index in [0.29, 0.717) is 6.54 Å². The summed E-state index contributed by atoms with van der Waals surface area (Å²) in [4.78, 5) is 16.1. The first-order valence-corrected chi connectivity index (χ1v) is 7.02. The molecule has 2 rings (SSSR count). The first-order chi connectivity index (χ1) is 9.60. The minimum absolute atomic E-state index is 0.0250. The van der Waals surface area contributed by atoms with Crippen molar-refractivity contribution >= 4 is 17.3 Å². The second-order valence-electron chi connectivity index (χ2n) is 5.44. The van der Waals surface area contributed by atoms with Crippen molar-refractivity contribution in [3.63, 3.8) is 0 Å². The standard InChI is InChI=1S/C15H23N3O2/c1-17(2)13-7-5-12(6-8-13)16-15(20)10-18-9-3-4-14(18)11-19/h5-8,14,19H,3-4,9-11H2,1-2H3,(H,16,20). The molecule has 110 valence electrons. The second-order valence-corrected chi connectivity index (χ2v) is 5.44. The minimum Gasteiger partial charge on any atom is -0.395 e. The summed E-state index contributed by atoms with van der Waals surface area (Å²) in [5, 5.41) is 12.1. The average Bonchev–Trinajstić information content (AvgIpc) is 2.86. The van der Waals surface area contributed by atoms with E-state index in [0.717, 1.165) is 30.8 Å². The summed E-state index contributed by atoms with van der Waals surface area (Å²) in [6.45, 7) is 1.36. The highest BCUT2D eigenvalue weighted by molar-refractivity contribution is 5.92. The van der Waals surface area contributed by atoms with E-state index in [1.165, 1.54) is 0 Å². The molecule has 0 spiro atoms. The minimum atomic E-state index is -0.0250. The maximum atomic E-state index is 12.0. The number of carbonyl (C=O) groups excluding carboxylic acids is 1. The number of nitrogens with one attached hydrogen (secondary N) is 1. The largest absolute Gasteiger partial charge is 0.395 e. The van der Waals surface area contributed by atoms with Crippen LogP contribution in [-0.2, 0) is 4.79 Å². The van der Waals surface area contributed by atoms with Crippen molar-refractivity contribution in [1.82, 2.24) is 4.90 Å². The zero-order valence-corrected chi connectivity index (χ0v) is 12.2. The van der Waals surface area contributed by atoms with Gasteiger partial charge >= 0.3 is 0 Å². The topological polar surface area (TPSA) is 55.8 Å². The molecule has 5 nitrogen and oxygen atoms in total. The summed E-state index contributed by atoms with van der Waals surface area (Å²) in [5.74, 6) is -0.0250.